The molecule has 1 aliphatic heterocycles. The number of rotatable bonds is 5. The Hall–Kier alpha value is -2.08. The van der Waals surface area contributed by atoms with Crippen LogP contribution in [0.5, 0.6) is 5.75 Å². The maximum absolute atomic E-state index is 12.5. The zero-order valence-corrected chi connectivity index (χ0v) is 14.6. The van der Waals surface area contributed by atoms with E-state index in [0.29, 0.717) is 23.0 Å². The summed E-state index contributed by atoms with van der Waals surface area (Å²) in [6, 6.07) is 7.27. The van der Waals surface area contributed by atoms with Gasteiger partial charge in [-0.3, -0.25) is 0 Å². The van der Waals surface area contributed by atoms with Crippen molar-refractivity contribution in [1.82, 2.24) is 10.6 Å². The van der Waals surface area contributed by atoms with E-state index in [-0.39, 0.29) is 18.1 Å². The van der Waals surface area contributed by atoms with Crippen LogP contribution in [0, 0.1) is 0 Å². The number of carbonyl (C=O) groups is 1. The number of esters is 1. The monoisotopic (exact) mass is 334 g/mol. The van der Waals surface area contributed by atoms with E-state index in [2.05, 4.69) is 10.6 Å². The molecule has 0 aromatic heterocycles. The van der Waals surface area contributed by atoms with Gasteiger partial charge in [0, 0.05) is 5.70 Å². The normalized spacial score (nSPS) is 17.6. The summed E-state index contributed by atoms with van der Waals surface area (Å²) in [7, 11) is 0. The Labute approximate surface area is 142 Å². The highest BCUT2D eigenvalue weighted by Crippen LogP contribution is 2.29. The number of hydrogen-bond donors (Lipinski definition) is 2. The molecule has 2 rings (SSSR count). The molecule has 5 nitrogen and oxygen atoms in total. The second kappa shape index (κ2) is 7.46. The summed E-state index contributed by atoms with van der Waals surface area (Å²) in [5, 5.41) is 6.62. The highest BCUT2D eigenvalue weighted by atomic mass is 32.1. The lowest BCUT2D eigenvalue weighted by molar-refractivity contribution is -0.143. The van der Waals surface area contributed by atoms with Crippen LogP contribution in [-0.2, 0) is 9.53 Å². The molecule has 0 unspecified atom stereocenters. The Morgan fingerprint density at radius 2 is 1.96 bits per heavy atom. The van der Waals surface area contributed by atoms with Gasteiger partial charge in [-0.2, -0.15) is 0 Å². The second-order valence-electron chi connectivity index (χ2n) is 5.53. The summed E-state index contributed by atoms with van der Waals surface area (Å²) in [4.78, 5) is 12.5. The van der Waals surface area contributed by atoms with Crippen molar-refractivity contribution in [1.29, 1.82) is 0 Å². The molecule has 0 saturated carbocycles. The first-order valence-corrected chi connectivity index (χ1v) is 8.05. The lowest BCUT2D eigenvalue weighted by Crippen LogP contribution is -2.45. The number of ether oxygens (including phenoxy) is 2. The molecule has 0 saturated heterocycles. The molecular weight excluding hydrogens is 312 g/mol. The standard InChI is InChI=1S/C17H22N2O3S/c1-5-21-13-8-6-12(7-9-13)15-14(16(20)22-10(2)3)11(4)18-17(23)19-15/h6-10,15H,5H2,1-4H3,(H2,18,19,23)/t15-/m1/s1. The summed E-state index contributed by atoms with van der Waals surface area (Å²) in [6.45, 7) is 8.03. The molecule has 1 aromatic carbocycles. The SMILES string of the molecule is CCOc1ccc([C@H]2NC(=S)NC(C)=C2C(=O)OC(C)C)cc1. The fourth-order valence-electron chi connectivity index (χ4n) is 2.42. The molecule has 0 amide bonds. The van der Waals surface area contributed by atoms with Gasteiger partial charge in [0.05, 0.1) is 24.3 Å². The van der Waals surface area contributed by atoms with Crippen molar-refractivity contribution in [3.63, 3.8) is 0 Å². The first-order valence-electron chi connectivity index (χ1n) is 7.64. The third kappa shape index (κ3) is 4.22. The zero-order chi connectivity index (χ0) is 17.0. The molecule has 23 heavy (non-hydrogen) atoms. The lowest BCUT2D eigenvalue weighted by atomic mass is 9.95. The van der Waals surface area contributed by atoms with Crippen LogP contribution < -0.4 is 15.4 Å². The summed E-state index contributed by atoms with van der Waals surface area (Å²) in [5.41, 5.74) is 2.17. The van der Waals surface area contributed by atoms with Crippen LogP contribution in [0.1, 0.15) is 39.3 Å². The zero-order valence-electron chi connectivity index (χ0n) is 13.8. The summed E-state index contributed by atoms with van der Waals surface area (Å²) < 4.78 is 10.8. The van der Waals surface area contributed by atoms with Gasteiger partial charge in [-0.1, -0.05) is 12.1 Å². The van der Waals surface area contributed by atoms with E-state index in [9.17, 15) is 4.79 Å². The second-order valence-corrected chi connectivity index (χ2v) is 5.93. The van der Waals surface area contributed by atoms with E-state index in [1.54, 1.807) is 0 Å². The average molecular weight is 334 g/mol. The van der Waals surface area contributed by atoms with Gasteiger partial charge in [0.25, 0.3) is 0 Å². The molecule has 0 aliphatic carbocycles. The van der Waals surface area contributed by atoms with Gasteiger partial charge in [0.1, 0.15) is 5.75 Å². The van der Waals surface area contributed by atoms with Gasteiger partial charge in [0.15, 0.2) is 5.11 Å². The van der Waals surface area contributed by atoms with E-state index in [0.717, 1.165) is 11.3 Å². The predicted octanol–water partition coefficient (Wildman–Crippen LogP) is 2.83. The maximum Gasteiger partial charge on any atom is 0.338 e. The van der Waals surface area contributed by atoms with Gasteiger partial charge in [0.2, 0.25) is 0 Å². The number of benzene rings is 1. The summed E-state index contributed by atoms with van der Waals surface area (Å²) in [6.07, 6.45) is -0.183. The minimum Gasteiger partial charge on any atom is -0.494 e. The highest BCUT2D eigenvalue weighted by molar-refractivity contribution is 7.80. The summed E-state index contributed by atoms with van der Waals surface area (Å²) >= 11 is 5.22. The van der Waals surface area contributed by atoms with Crippen molar-refractivity contribution in [3.8, 4) is 5.75 Å². The van der Waals surface area contributed by atoms with Crippen LogP contribution in [0.15, 0.2) is 35.5 Å². The summed E-state index contributed by atoms with van der Waals surface area (Å²) in [5.74, 6) is 0.443. The highest BCUT2D eigenvalue weighted by Gasteiger charge is 2.31. The van der Waals surface area contributed by atoms with Crippen molar-refractivity contribution in [2.45, 2.75) is 39.8 Å². The van der Waals surface area contributed by atoms with Crippen molar-refractivity contribution >= 4 is 23.3 Å². The van der Waals surface area contributed by atoms with Gasteiger partial charge >= 0.3 is 5.97 Å². The van der Waals surface area contributed by atoms with Crippen molar-refractivity contribution in [2.24, 2.45) is 0 Å². The fraction of sp³-hybridized carbons (Fsp3) is 0.412. The van der Waals surface area contributed by atoms with E-state index in [4.69, 9.17) is 21.7 Å². The fourth-order valence-corrected chi connectivity index (χ4v) is 2.69. The lowest BCUT2D eigenvalue weighted by Gasteiger charge is -2.30. The molecule has 0 bridgehead atoms. The minimum atomic E-state index is -0.348. The maximum atomic E-state index is 12.5. The average Bonchev–Trinajstić information content (AvgIpc) is 2.46. The van der Waals surface area contributed by atoms with Crippen LogP contribution >= 0.6 is 12.2 Å². The smallest absolute Gasteiger partial charge is 0.338 e. The van der Waals surface area contributed by atoms with Crippen molar-refractivity contribution in [3.05, 3.63) is 41.1 Å². The Kier molecular flexibility index (Phi) is 5.60. The van der Waals surface area contributed by atoms with Gasteiger partial charge < -0.3 is 20.1 Å². The first kappa shape index (κ1) is 17.3. The number of carbonyl (C=O) groups excluding carboxylic acids is 1. The molecular formula is C17H22N2O3S. The van der Waals surface area contributed by atoms with E-state index in [1.807, 2.05) is 52.0 Å². The van der Waals surface area contributed by atoms with Crippen LogP contribution in [0.25, 0.3) is 0 Å². The van der Waals surface area contributed by atoms with Crippen LogP contribution in [0.4, 0.5) is 0 Å². The number of nitrogens with one attached hydrogen (secondary N) is 2. The molecule has 1 aromatic rings. The van der Waals surface area contributed by atoms with Crippen LogP contribution in [-0.4, -0.2) is 23.8 Å². The topological polar surface area (TPSA) is 59.6 Å². The molecule has 6 heteroatoms. The Morgan fingerprint density at radius 1 is 1.30 bits per heavy atom. The molecule has 124 valence electrons. The number of allylic oxidation sites excluding steroid dienone is 1. The molecule has 1 heterocycles. The van der Waals surface area contributed by atoms with Crippen molar-refractivity contribution in [2.75, 3.05) is 6.61 Å². The molecule has 0 radical (unpaired) electrons. The first-order chi connectivity index (χ1) is 10.9. The molecule has 1 aliphatic rings. The third-order valence-corrected chi connectivity index (χ3v) is 3.58. The Balaban J connectivity index is 2.34. The van der Waals surface area contributed by atoms with Gasteiger partial charge in [-0.25, -0.2) is 4.79 Å². The molecule has 1 atom stereocenters. The van der Waals surface area contributed by atoms with E-state index in [1.165, 1.54) is 0 Å². The Bertz CT molecular complexity index is 623. The van der Waals surface area contributed by atoms with Crippen molar-refractivity contribution < 1.29 is 14.3 Å². The predicted molar refractivity (Wildman–Crippen MR) is 93.1 cm³/mol. The molecule has 2 N–H and O–H groups in total. The molecule has 0 fully saturated rings. The van der Waals surface area contributed by atoms with Gasteiger partial charge in [-0.05, 0) is 57.6 Å². The number of thiocarbonyl (C=S) groups is 1. The minimum absolute atomic E-state index is 0.183. The quantitative estimate of drug-likeness (QED) is 0.638. The third-order valence-electron chi connectivity index (χ3n) is 3.36. The van der Waals surface area contributed by atoms with Crippen LogP contribution in [0.2, 0.25) is 0 Å². The van der Waals surface area contributed by atoms with Gasteiger partial charge in [-0.15, -0.1) is 0 Å². The molecule has 0 spiro atoms. The van der Waals surface area contributed by atoms with E-state index < -0.39 is 0 Å². The van der Waals surface area contributed by atoms with Crippen LogP contribution in [0.3, 0.4) is 0 Å². The largest absolute Gasteiger partial charge is 0.494 e. The Morgan fingerprint density at radius 3 is 2.52 bits per heavy atom. The number of hydrogen-bond acceptors (Lipinski definition) is 4. The van der Waals surface area contributed by atoms with E-state index >= 15 is 0 Å².